The molecule has 0 radical (unpaired) electrons. The molecule has 0 bridgehead atoms. The van der Waals surface area contributed by atoms with Crippen LogP contribution in [0.4, 0.5) is 0 Å². The van der Waals surface area contributed by atoms with Gasteiger partial charge in [-0.25, -0.2) is 0 Å². The lowest BCUT2D eigenvalue weighted by Crippen LogP contribution is -2.26. The van der Waals surface area contributed by atoms with Crippen molar-refractivity contribution in [2.24, 2.45) is 7.05 Å². The third-order valence-corrected chi connectivity index (χ3v) is 5.51. The van der Waals surface area contributed by atoms with Crippen LogP contribution in [0.15, 0.2) is 24.3 Å². The largest absolute Gasteiger partial charge is 0.487 e. The van der Waals surface area contributed by atoms with Crippen molar-refractivity contribution in [1.82, 2.24) is 19.7 Å². The fraction of sp³-hybridized carbons (Fsp3) is 0.556. The maximum atomic E-state index is 6.18. The van der Waals surface area contributed by atoms with Crippen LogP contribution in [0.25, 0.3) is 0 Å². The molecule has 0 N–H and O–H groups in total. The van der Waals surface area contributed by atoms with Gasteiger partial charge >= 0.3 is 0 Å². The number of halogens is 1. The fourth-order valence-corrected chi connectivity index (χ4v) is 3.67. The molecule has 1 saturated heterocycles. The zero-order valence-electron chi connectivity index (χ0n) is 14.0. The second kappa shape index (κ2) is 6.73. The number of hydrogen-bond donors (Lipinski definition) is 0. The third-order valence-electron chi connectivity index (χ3n) is 5.19. The van der Waals surface area contributed by atoms with E-state index in [1.54, 1.807) is 0 Å². The van der Waals surface area contributed by atoms with E-state index in [9.17, 15) is 0 Å². The molecule has 5 nitrogen and oxygen atoms in total. The standard InChI is InChI=1S/C18H23ClN4O/c1-22-17(20-21-18(22)13-5-4-6-13)12-23-10-9-14(11-23)24-16-8-3-2-7-15(16)19/h2-3,7-8,13-14H,4-6,9-12H2,1H3. The first-order valence-corrected chi connectivity index (χ1v) is 9.10. The van der Waals surface area contributed by atoms with Gasteiger partial charge in [-0.05, 0) is 31.4 Å². The van der Waals surface area contributed by atoms with Crippen molar-refractivity contribution in [1.29, 1.82) is 0 Å². The molecular weight excluding hydrogens is 324 g/mol. The fourth-order valence-electron chi connectivity index (χ4n) is 3.49. The van der Waals surface area contributed by atoms with Crippen LogP contribution in [0.5, 0.6) is 5.75 Å². The van der Waals surface area contributed by atoms with E-state index in [-0.39, 0.29) is 6.10 Å². The molecule has 4 rings (SSSR count). The van der Waals surface area contributed by atoms with Crippen molar-refractivity contribution < 1.29 is 4.74 Å². The number of benzene rings is 1. The summed E-state index contributed by atoms with van der Waals surface area (Å²) < 4.78 is 8.24. The van der Waals surface area contributed by atoms with Gasteiger partial charge in [-0.1, -0.05) is 30.2 Å². The molecule has 1 aromatic heterocycles. The molecular formula is C18H23ClN4O. The monoisotopic (exact) mass is 346 g/mol. The minimum absolute atomic E-state index is 0.184. The van der Waals surface area contributed by atoms with Gasteiger partial charge in [0.1, 0.15) is 23.5 Å². The van der Waals surface area contributed by atoms with Crippen molar-refractivity contribution in [2.75, 3.05) is 13.1 Å². The van der Waals surface area contributed by atoms with E-state index in [0.717, 1.165) is 43.5 Å². The number of ether oxygens (including phenoxy) is 1. The van der Waals surface area contributed by atoms with Gasteiger partial charge in [0, 0.05) is 26.1 Å². The van der Waals surface area contributed by atoms with Crippen LogP contribution in [0.1, 0.15) is 43.3 Å². The summed E-state index contributed by atoms with van der Waals surface area (Å²) in [7, 11) is 2.09. The number of rotatable bonds is 5. The summed E-state index contributed by atoms with van der Waals surface area (Å²) in [4.78, 5) is 2.38. The Morgan fingerprint density at radius 2 is 2.04 bits per heavy atom. The summed E-state index contributed by atoms with van der Waals surface area (Å²) in [5, 5.41) is 9.51. The molecule has 2 aromatic rings. The summed E-state index contributed by atoms with van der Waals surface area (Å²) in [6.45, 7) is 2.75. The smallest absolute Gasteiger partial charge is 0.146 e. The Hall–Kier alpha value is -1.59. The number of nitrogens with zero attached hydrogens (tertiary/aromatic N) is 4. The molecule has 1 saturated carbocycles. The average molecular weight is 347 g/mol. The SMILES string of the molecule is Cn1c(CN2CCC(Oc3ccccc3Cl)C2)nnc1C1CCC1. The van der Waals surface area contributed by atoms with Gasteiger partial charge in [-0.15, -0.1) is 10.2 Å². The summed E-state index contributed by atoms with van der Waals surface area (Å²) in [6, 6.07) is 7.67. The molecule has 128 valence electrons. The van der Waals surface area contributed by atoms with E-state index in [1.165, 1.54) is 19.3 Å². The summed E-state index contributed by atoms with van der Waals surface area (Å²) >= 11 is 6.18. The first-order chi connectivity index (χ1) is 11.7. The van der Waals surface area contributed by atoms with Crippen molar-refractivity contribution in [2.45, 2.75) is 44.2 Å². The minimum Gasteiger partial charge on any atom is -0.487 e. The highest BCUT2D eigenvalue weighted by molar-refractivity contribution is 6.32. The highest BCUT2D eigenvalue weighted by Gasteiger charge is 2.28. The summed E-state index contributed by atoms with van der Waals surface area (Å²) in [6.07, 6.45) is 5.02. The molecule has 2 heterocycles. The van der Waals surface area contributed by atoms with Crippen LogP contribution in [-0.2, 0) is 13.6 Å². The number of aromatic nitrogens is 3. The Kier molecular flexibility index (Phi) is 4.46. The van der Waals surface area contributed by atoms with Crippen LogP contribution >= 0.6 is 11.6 Å². The van der Waals surface area contributed by atoms with E-state index in [1.807, 2.05) is 24.3 Å². The Balaban J connectivity index is 1.35. The molecule has 2 aliphatic rings. The quantitative estimate of drug-likeness (QED) is 0.832. The van der Waals surface area contributed by atoms with Crippen LogP contribution in [0.3, 0.4) is 0 Å². The van der Waals surface area contributed by atoms with Gasteiger partial charge in [-0.3, -0.25) is 4.90 Å². The lowest BCUT2D eigenvalue weighted by molar-refractivity contribution is 0.196. The first-order valence-electron chi connectivity index (χ1n) is 8.72. The maximum absolute atomic E-state index is 6.18. The Labute approximate surface area is 147 Å². The second-order valence-corrected chi connectivity index (χ2v) is 7.26. The van der Waals surface area contributed by atoms with Crippen molar-refractivity contribution in [3.8, 4) is 5.75 Å². The zero-order valence-corrected chi connectivity index (χ0v) is 14.7. The highest BCUT2D eigenvalue weighted by Crippen LogP contribution is 2.35. The average Bonchev–Trinajstić information content (AvgIpc) is 3.10. The first kappa shape index (κ1) is 15.9. The molecule has 1 aliphatic carbocycles. The topological polar surface area (TPSA) is 43.2 Å². The second-order valence-electron chi connectivity index (χ2n) is 6.86. The van der Waals surface area contributed by atoms with Gasteiger partial charge in [0.2, 0.25) is 0 Å². The van der Waals surface area contributed by atoms with E-state index in [4.69, 9.17) is 16.3 Å². The van der Waals surface area contributed by atoms with Crippen LogP contribution in [0.2, 0.25) is 5.02 Å². The molecule has 24 heavy (non-hydrogen) atoms. The molecule has 6 heteroatoms. The van der Waals surface area contributed by atoms with Crippen molar-refractivity contribution in [3.63, 3.8) is 0 Å². The Bertz CT molecular complexity index is 713. The lowest BCUT2D eigenvalue weighted by atomic mass is 9.85. The van der Waals surface area contributed by atoms with Gasteiger partial charge in [0.25, 0.3) is 0 Å². The predicted octanol–water partition coefficient (Wildman–Crippen LogP) is 3.39. The number of hydrogen-bond acceptors (Lipinski definition) is 4. The predicted molar refractivity (Wildman–Crippen MR) is 93.4 cm³/mol. The van der Waals surface area contributed by atoms with E-state index in [2.05, 4.69) is 26.7 Å². The van der Waals surface area contributed by atoms with Gasteiger partial charge in [-0.2, -0.15) is 0 Å². The van der Waals surface area contributed by atoms with Crippen molar-refractivity contribution >= 4 is 11.6 Å². The van der Waals surface area contributed by atoms with Crippen LogP contribution < -0.4 is 4.74 Å². The molecule has 1 atom stereocenters. The Morgan fingerprint density at radius 1 is 1.21 bits per heavy atom. The minimum atomic E-state index is 0.184. The van der Waals surface area contributed by atoms with Crippen molar-refractivity contribution in [3.05, 3.63) is 40.9 Å². The molecule has 2 fully saturated rings. The van der Waals surface area contributed by atoms with Gasteiger partial charge < -0.3 is 9.30 Å². The molecule has 1 aromatic carbocycles. The molecule has 0 spiro atoms. The number of likely N-dealkylation sites (tertiary alicyclic amines) is 1. The van der Waals surface area contributed by atoms with E-state index < -0.39 is 0 Å². The highest BCUT2D eigenvalue weighted by atomic mass is 35.5. The summed E-state index contributed by atoms with van der Waals surface area (Å²) in [5.74, 6) is 3.60. The third kappa shape index (κ3) is 3.15. The molecule has 1 unspecified atom stereocenters. The molecule has 1 aliphatic heterocycles. The van der Waals surface area contributed by atoms with Crippen LogP contribution in [-0.4, -0.2) is 38.9 Å². The van der Waals surface area contributed by atoms with Gasteiger partial charge in [0.15, 0.2) is 0 Å². The lowest BCUT2D eigenvalue weighted by Gasteiger charge is -2.24. The van der Waals surface area contributed by atoms with Gasteiger partial charge in [0.05, 0.1) is 11.6 Å². The maximum Gasteiger partial charge on any atom is 0.146 e. The molecule has 0 amide bonds. The Morgan fingerprint density at radius 3 is 2.79 bits per heavy atom. The normalized spacial score (nSPS) is 21.8. The zero-order chi connectivity index (χ0) is 16.5. The summed E-state index contributed by atoms with van der Waals surface area (Å²) in [5.41, 5.74) is 0. The van der Waals surface area contributed by atoms with E-state index in [0.29, 0.717) is 10.9 Å². The van der Waals surface area contributed by atoms with Crippen LogP contribution in [0, 0.1) is 0 Å². The van der Waals surface area contributed by atoms with E-state index >= 15 is 0 Å². The number of para-hydroxylation sites is 1.